The Morgan fingerprint density at radius 1 is 1.31 bits per heavy atom. The second-order valence-corrected chi connectivity index (χ2v) is 6.16. The van der Waals surface area contributed by atoms with E-state index in [-0.39, 0.29) is 0 Å². The summed E-state index contributed by atoms with van der Waals surface area (Å²) in [5.74, 6) is 0. The first-order chi connectivity index (χ1) is 7.72. The lowest BCUT2D eigenvalue weighted by molar-refractivity contribution is -0.0819. The molecule has 0 aromatic heterocycles. The van der Waals surface area contributed by atoms with Gasteiger partial charge < -0.3 is 10.2 Å². The third-order valence-corrected chi connectivity index (χ3v) is 4.99. The Balaban J connectivity index is 1.50. The van der Waals surface area contributed by atoms with Crippen LogP contribution in [0.3, 0.4) is 0 Å². The van der Waals surface area contributed by atoms with Crippen molar-refractivity contribution in [3.63, 3.8) is 0 Å². The van der Waals surface area contributed by atoms with Gasteiger partial charge in [0.25, 0.3) is 0 Å². The standard InChI is InChI=1S/C13H25N3/c1-3-15-5-4-12(6-11(15)2)16-9-13(10-16)7-14-8-13/h11-12,14H,3-10H2,1-2H3/t11-,12?/m1/s1. The molecule has 0 aliphatic carbocycles. The Labute approximate surface area is 99.2 Å². The lowest BCUT2D eigenvalue weighted by Crippen LogP contribution is -2.73. The van der Waals surface area contributed by atoms with E-state index in [1.807, 2.05) is 0 Å². The van der Waals surface area contributed by atoms with Crippen LogP contribution in [-0.2, 0) is 0 Å². The highest BCUT2D eigenvalue weighted by molar-refractivity contribution is 5.06. The highest BCUT2D eigenvalue weighted by Gasteiger charge is 2.49. The molecule has 0 aromatic rings. The fourth-order valence-corrected chi connectivity index (χ4v) is 3.77. The normalized spacial score (nSPS) is 39.4. The Hall–Kier alpha value is -0.120. The number of nitrogens with one attached hydrogen (secondary N) is 1. The van der Waals surface area contributed by atoms with Crippen LogP contribution in [0.4, 0.5) is 0 Å². The predicted octanol–water partition coefficient (Wildman–Crippen LogP) is 0.764. The minimum atomic E-state index is 0.700. The second-order valence-electron chi connectivity index (χ2n) is 6.16. The van der Waals surface area contributed by atoms with Crippen LogP contribution in [0.25, 0.3) is 0 Å². The topological polar surface area (TPSA) is 18.5 Å². The molecule has 3 fully saturated rings. The van der Waals surface area contributed by atoms with E-state index >= 15 is 0 Å². The van der Waals surface area contributed by atoms with Gasteiger partial charge in [0.05, 0.1) is 0 Å². The molecule has 3 aliphatic heterocycles. The molecule has 1 unspecified atom stereocenters. The zero-order valence-electron chi connectivity index (χ0n) is 10.7. The monoisotopic (exact) mass is 223 g/mol. The second kappa shape index (κ2) is 3.97. The van der Waals surface area contributed by atoms with E-state index in [1.165, 1.54) is 52.1 Å². The van der Waals surface area contributed by atoms with Crippen molar-refractivity contribution >= 4 is 0 Å². The highest BCUT2D eigenvalue weighted by Crippen LogP contribution is 2.37. The van der Waals surface area contributed by atoms with E-state index in [4.69, 9.17) is 0 Å². The molecule has 1 spiro atoms. The van der Waals surface area contributed by atoms with E-state index in [0.29, 0.717) is 5.41 Å². The minimum Gasteiger partial charge on any atom is -0.315 e. The van der Waals surface area contributed by atoms with Crippen molar-refractivity contribution in [3.8, 4) is 0 Å². The SMILES string of the molecule is CCN1CCC(N2CC3(CNC3)C2)C[C@H]1C. The Bertz CT molecular complexity index is 254. The van der Waals surface area contributed by atoms with Crippen molar-refractivity contribution in [2.75, 3.05) is 39.3 Å². The van der Waals surface area contributed by atoms with Gasteiger partial charge in [0.15, 0.2) is 0 Å². The summed E-state index contributed by atoms with van der Waals surface area (Å²) in [7, 11) is 0. The number of rotatable bonds is 2. The number of likely N-dealkylation sites (tertiary alicyclic amines) is 2. The molecule has 3 heterocycles. The zero-order valence-corrected chi connectivity index (χ0v) is 10.7. The lowest BCUT2D eigenvalue weighted by atomic mass is 9.73. The maximum absolute atomic E-state index is 3.42. The zero-order chi connectivity index (χ0) is 11.2. The molecule has 0 saturated carbocycles. The average molecular weight is 223 g/mol. The first-order valence-electron chi connectivity index (χ1n) is 6.91. The molecule has 3 aliphatic rings. The number of hydrogen-bond donors (Lipinski definition) is 1. The molecule has 0 amide bonds. The summed E-state index contributed by atoms with van der Waals surface area (Å²) >= 11 is 0. The maximum Gasteiger partial charge on any atom is 0.0207 e. The average Bonchev–Trinajstić information content (AvgIpc) is 2.13. The third-order valence-electron chi connectivity index (χ3n) is 4.99. The van der Waals surface area contributed by atoms with Crippen molar-refractivity contribution < 1.29 is 0 Å². The van der Waals surface area contributed by atoms with Crippen LogP contribution in [0.5, 0.6) is 0 Å². The number of piperidine rings is 1. The number of nitrogens with zero attached hydrogens (tertiary/aromatic N) is 2. The van der Waals surface area contributed by atoms with E-state index < -0.39 is 0 Å². The molecule has 3 saturated heterocycles. The van der Waals surface area contributed by atoms with Gasteiger partial charge in [-0.05, 0) is 32.9 Å². The summed E-state index contributed by atoms with van der Waals surface area (Å²) in [6, 6.07) is 1.67. The molecule has 0 aromatic carbocycles. The van der Waals surface area contributed by atoms with Crippen molar-refractivity contribution in [1.29, 1.82) is 0 Å². The number of hydrogen-bond acceptors (Lipinski definition) is 3. The summed E-state index contributed by atoms with van der Waals surface area (Å²) in [6.07, 6.45) is 2.78. The molecular weight excluding hydrogens is 198 g/mol. The quantitative estimate of drug-likeness (QED) is 0.746. The van der Waals surface area contributed by atoms with Crippen LogP contribution in [0.15, 0.2) is 0 Å². The molecular formula is C13H25N3. The Morgan fingerprint density at radius 2 is 2.06 bits per heavy atom. The molecule has 3 rings (SSSR count). The first kappa shape index (κ1) is 11.0. The highest BCUT2D eigenvalue weighted by atomic mass is 15.3. The van der Waals surface area contributed by atoms with Crippen LogP contribution in [-0.4, -0.2) is 61.2 Å². The predicted molar refractivity (Wildman–Crippen MR) is 66.6 cm³/mol. The van der Waals surface area contributed by atoms with E-state index in [0.717, 1.165) is 12.1 Å². The van der Waals surface area contributed by atoms with Crippen LogP contribution in [0, 0.1) is 5.41 Å². The molecule has 3 heteroatoms. The molecule has 1 N–H and O–H groups in total. The summed E-state index contributed by atoms with van der Waals surface area (Å²) in [5.41, 5.74) is 0.700. The lowest BCUT2D eigenvalue weighted by Gasteiger charge is -2.59. The molecule has 0 bridgehead atoms. The van der Waals surface area contributed by atoms with Crippen molar-refractivity contribution in [2.24, 2.45) is 5.41 Å². The van der Waals surface area contributed by atoms with E-state index in [2.05, 4.69) is 29.0 Å². The van der Waals surface area contributed by atoms with Gasteiger partial charge in [0, 0.05) is 43.7 Å². The van der Waals surface area contributed by atoms with Crippen LogP contribution < -0.4 is 5.32 Å². The van der Waals surface area contributed by atoms with Crippen LogP contribution in [0.1, 0.15) is 26.7 Å². The fraction of sp³-hybridized carbons (Fsp3) is 1.00. The van der Waals surface area contributed by atoms with Gasteiger partial charge in [-0.3, -0.25) is 4.90 Å². The smallest absolute Gasteiger partial charge is 0.0207 e. The Kier molecular flexibility index (Phi) is 2.73. The summed E-state index contributed by atoms with van der Waals surface area (Å²) in [5, 5.41) is 3.42. The van der Waals surface area contributed by atoms with Crippen LogP contribution >= 0.6 is 0 Å². The largest absolute Gasteiger partial charge is 0.315 e. The maximum atomic E-state index is 3.42. The van der Waals surface area contributed by atoms with Gasteiger partial charge in [0.2, 0.25) is 0 Å². The van der Waals surface area contributed by atoms with Crippen LogP contribution in [0.2, 0.25) is 0 Å². The van der Waals surface area contributed by atoms with Gasteiger partial charge in [-0.1, -0.05) is 6.92 Å². The fourth-order valence-electron chi connectivity index (χ4n) is 3.77. The summed E-state index contributed by atoms with van der Waals surface area (Å²) in [6.45, 7) is 12.5. The van der Waals surface area contributed by atoms with Gasteiger partial charge in [-0.15, -0.1) is 0 Å². The van der Waals surface area contributed by atoms with Crippen molar-refractivity contribution in [1.82, 2.24) is 15.1 Å². The molecule has 92 valence electrons. The van der Waals surface area contributed by atoms with Gasteiger partial charge in [-0.2, -0.15) is 0 Å². The summed E-state index contributed by atoms with van der Waals surface area (Å²) < 4.78 is 0. The molecule has 2 atom stereocenters. The Morgan fingerprint density at radius 3 is 2.56 bits per heavy atom. The van der Waals surface area contributed by atoms with Gasteiger partial charge in [-0.25, -0.2) is 0 Å². The van der Waals surface area contributed by atoms with Gasteiger partial charge >= 0.3 is 0 Å². The van der Waals surface area contributed by atoms with Crippen molar-refractivity contribution in [2.45, 2.75) is 38.8 Å². The van der Waals surface area contributed by atoms with Gasteiger partial charge in [0.1, 0.15) is 0 Å². The van der Waals surface area contributed by atoms with Crippen molar-refractivity contribution in [3.05, 3.63) is 0 Å². The minimum absolute atomic E-state index is 0.700. The first-order valence-corrected chi connectivity index (χ1v) is 6.91. The summed E-state index contributed by atoms with van der Waals surface area (Å²) in [4.78, 5) is 5.36. The molecule has 3 nitrogen and oxygen atoms in total. The molecule has 16 heavy (non-hydrogen) atoms. The third kappa shape index (κ3) is 1.69. The molecule has 0 radical (unpaired) electrons. The van der Waals surface area contributed by atoms with E-state index in [1.54, 1.807) is 0 Å². The van der Waals surface area contributed by atoms with E-state index in [9.17, 15) is 0 Å².